The van der Waals surface area contributed by atoms with Gasteiger partial charge < -0.3 is 14.2 Å². The molecule has 5 nitrogen and oxygen atoms in total. The average Bonchev–Trinajstić information content (AvgIpc) is 2.93. The lowest BCUT2D eigenvalue weighted by Crippen LogP contribution is -2.54. The number of fused-ring (bicyclic) bond motifs is 2. The largest absolute Gasteiger partial charge is 0.459 e. The molecule has 0 aromatic carbocycles. The Bertz CT molecular complexity index is 684. The summed E-state index contributed by atoms with van der Waals surface area (Å²) in [7, 11) is 0. The van der Waals surface area contributed by atoms with Crippen LogP contribution in [0.15, 0.2) is 11.6 Å². The Morgan fingerprint density at radius 1 is 1.30 bits per heavy atom. The number of carbonyl (C=O) groups is 2. The predicted octanol–water partition coefficient (Wildman–Crippen LogP) is 3.80. The van der Waals surface area contributed by atoms with Gasteiger partial charge in [0.25, 0.3) is 0 Å². The van der Waals surface area contributed by atoms with E-state index >= 15 is 0 Å². The highest BCUT2D eigenvalue weighted by Crippen LogP contribution is 2.59. The predicted molar refractivity (Wildman–Crippen MR) is 99.8 cm³/mol. The quantitative estimate of drug-likeness (QED) is 0.514. The summed E-state index contributed by atoms with van der Waals surface area (Å²) in [6, 6.07) is 0. The van der Waals surface area contributed by atoms with E-state index in [0.717, 1.165) is 32.1 Å². The van der Waals surface area contributed by atoms with Gasteiger partial charge in [-0.05, 0) is 58.8 Å². The fourth-order valence-corrected chi connectivity index (χ4v) is 6.41. The maximum Gasteiger partial charge on any atom is 0.309 e. The standard InChI is InChI=1S/C22H32O5/c1-12-7-6-9-22(5)19-17-15(13(2)20(24)27-22)8-10-21(4,26-14(3)23)18(17)16(11-12)25-19/h7,13,15-19H,6,8-11H2,1-5H3/b12-7-/t13-,15-,16+,17+,18+,19+,21-,22+/m1/s1. The zero-order valence-corrected chi connectivity index (χ0v) is 17.1. The first-order chi connectivity index (χ1) is 12.6. The van der Waals surface area contributed by atoms with Gasteiger partial charge in [0.05, 0.1) is 12.0 Å². The number of esters is 2. The van der Waals surface area contributed by atoms with E-state index in [1.807, 2.05) is 13.8 Å². The van der Waals surface area contributed by atoms with Crippen LogP contribution in [-0.4, -0.2) is 35.3 Å². The van der Waals surface area contributed by atoms with Crippen LogP contribution in [0.1, 0.15) is 66.7 Å². The Morgan fingerprint density at radius 2 is 2.04 bits per heavy atom. The van der Waals surface area contributed by atoms with Crippen molar-refractivity contribution in [3.63, 3.8) is 0 Å². The van der Waals surface area contributed by atoms with E-state index in [9.17, 15) is 9.59 Å². The Kier molecular flexibility index (Phi) is 4.45. The molecule has 1 saturated carbocycles. The minimum absolute atomic E-state index is 0.00942. The van der Waals surface area contributed by atoms with Crippen LogP contribution >= 0.6 is 0 Å². The van der Waals surface area contributed by atoms with E-state index in [-0.39, 0.29) is 47.8 Å². The minimum Gasteiger partial charge on any atom is -0.459 e. The van der Waals surface area contributed by atoms with E-state index in [0.29, 0.717) is 0 Å². The minimum atomic E-state index is -0.632. The molecule has 8 atom stereocenters. The molecule has 4 rings (SSSR count). The van der Waals surface area contributed by atoms with Crippen LogP contribution in [0.25, 0.3) is 0 Å². The van der Waals surface area contributed by atoms with Crippen molar-refractivity contribution in [3.8, 4) is 0 Å². The summed E-state index contributed by atoms with van der Waals surface area (Å²) in [6.07, 6.45) is 6.22. The first-order valence-electron chi connectivity index (χ1n) is 10.4. The Morgan fingerprint density at radius 3 is 2.74 bits per heavy atom. The van der Waals surface area contributed by atoms with Crippen LogP contribution in [0.3, 0.4) is 0 Å². The lowest BCUT2D eigenvalue weighted by molar-refractivity contribution is -0.180. The number of carbonyl (C=O) groups excluding carboxylic acids is 2. The molecule has 4 aliphatic rings. The van der Waals surface area contributed by atoms with Crippen molar-refractivity contribution in [3.05, 3.63) is 11.6 Å². The third-order valence-electron chi connectivity index (χ3n) is 7.64. The summed E-state index contributed by atoms with van der Waals surface area (Å²) in [6.45, 7) is 9.73. The zero-order valence-electron chi connectivity index (χ0n) is 17.1. The highest BCUT2D eigenvalue weighted by atomic mass is 16.6. The summed E-state index contributed by atoms with van der Waals surface area (Å²) in [5, 5.41) is 0. The third-order valence-corrected chi connectivity index (χ3v) is 7.64. The Balaban J connectivity index is 1.84. The van der Waals surface area contributed by atoms with Crippen LogP contribution in [0.4, 0.5) is 0 Å². The smallest absolute Gasteiger partial charge is 0.309 e. The van der Waals surface area contributed by atoms with Crippen LogP contribution in [0.2, 0.25) is 0 Å². The molecule has 0 amide bonds. The molecule has 0 unspecified atom stereocenters. The lowest BCUT2D eigenvalue weighted by Gasteiger charge is -2.48. The van der Waals surface area contributed by atoms with E-state index < -0.39 is 11.2 Å². The van der Waals surface area contributed by atoms with Gasteiger partial charge in [-0.1, -0.05) is 18.6 Å². The monoisotopic (exact) mass is 376 g/mol. The number of hydrogen-bond donors (Lipinski definition) is 0. The molecule has 0 aromatic heterocycles. The molecule has 3 heterocycles. The molecule has 3 fully saturated rings. The van der Waals surface area contributed by atoms with Gasteiger partial charge in [-0.15, -0.1) is 0 Å². The highest BCUT2D eigenvalue weighted by Gasteiger charge is 2.66. The van der Waals surface area contributed by atoms with Crippen molar-refractivity contribution in [2.75, 3.05) is 0 Å². The van der Waals surface area contributed by atoms with Gasteiger partial charge in [-0.25, -0.2) is 0 Å². The number of rotatable bonds is 1. The summed E-state index contributed by atoms with van der Waals surface area (Å²) in [5.74, 6) is -0.0260. The molecule has 27 heavy (non-hydrogen) atoms. The molecule has 3 aliphatic heterocycles. The molecule has 0 radical (unpaired) electrons. The molecule has 5 heteroatoms. The molecule has 2 bridgehead atoms. The average molecular weight is 376 g/mol. The molecule has 0 aromatic rings. The molecule has 150 valence electrons. The Labute approximate surface area is 161 Å². The third kappa shape index (κ3) is 2.93. The SMILES string of the molecule is CC(=O)O[C@]1(C)CC[C@H]2[C@H]3[C@@H]1[C@@H]1C/C(C)=C\CC[C@](C)(OC(=O)[C@@H]2C)[C@H]3O1. The van der Waals surface area contributed by atoms with Crippen molar-refractivity contribution in [1.82, 2.24) is 0 Å². The van der Waals surface area contributed by atoms with Crippen LogP contribution in [0, 0.1) is 23.7 Å². The van der Waals surface area contributed by atoms with Gasteiger partial charge in [-0.3, -0.25) is 9.59 Å². The van der Waals surface area contributed by atoms with Gasteiger partial charge in [0.15, 0.2) is 0 Å². The summed E-state index contributed by atoms with van der Waals surface area (Å²) >= 11 is 0. The van der Waals surface area contributed by atoms with Crippen molar-refractivity contribution in [2.24, 2.45) is 23.7 Å². The van der Waals surface area contributed by atoms with Crippen molar-refractivity contribution in [1.29, 1.82) is 0 Å². The van der Waals surface area contributed by atoms with Crippen LogP contribution < -0.4 is 0 Å². The summed E-state index contributed by atoms with van der Waals surface area (Å²) < 4.78 is 18.7. The zero-order chi connectivity index (χ0) is 19.6. The van der Waals surface area contributed by atoms with Gasteiger partial charge in [0.1, 0.15) is 17.3 Å². The topological polar surface area (TPSA) is 61.8 Å². The first-order valence-corrected chi connectivity index (χ1v) is 10.4. The van der Waals surface area contributed by atoms with E-state index in [1.165, 1.54) is 12.5 Å². The molecule has 2 saturated heterocycles. The van der Waals surface area contributed by atoms with Crippen molar-refractivity contribution in [2.45, 2.75) is 90.1 Å². The molecule has 1 aliphatic carbocycles. The van der Waals surface area contributed by atoms with Crippen molar-refractivity contribution < 1.29 is 23.8 Å². The van der Waals surface area contributed by atoms with Crippen molar-refractivity contribution >= 4 is 11.9 Å². The van der Waals surface area contributed by atoms with Gasteiger partial charge in [-0.2, -0.15) is 0 Å². The summed E-state index contributed by atoms with van der Waals surface area (Å²) in [5.41, 5.74) is 0.113. The fraction of sp³-hybridized carbons (Fsp3) is 0.818. The fourth-order valence-electron chi connectivity index (χ4n) is 6.41. The van der Waals surface area contributed by atoms with Gasteiger partial charge in [0, 0.05) is 18.8 Å². The number of hydrogen-bond acceptors (Lipinski definition) is 5. The van der Waals surface area contributed by atoms with E-state index in [2.05, 4.69) is 19.9 Å². The molecule has 0 N–H and O–H groups in total. The Hall–Kier alpha value is -1.36. The van der Waals surface area contributed by atoms with Gasteiger partial charge >= 0.3 is 11.9 Å². The molecule has 0 spiro atoms. The maximum atomic E-state index is 12.8. The number of ether oxygens (including phenoxy) is 3. The highest BCUT2D eigenvalue weighted by molar-refractivity contribution is 5.73. The second-order valence-corrected chi connectivity index (χ2v) is 9.62. The second kappa shape index (κ2) is 6.33. The van der Waals surface area contributed by atoms with Crippen LogP contribution in [-0.2, 0) is 23.8 Å². The molecular weight excluding hydrogens is 344 g/mol. The summed E-state index contributed by atoms with van der Waals surface area (Å²) in [4.78, 5) is 24.8. The second-order valence-electron chi connectivity index (χ2n) is 9.62. The number of allylic oxidation sites excluding steroid dienone is 1. The normalized spacial score (nSPS) is 51.0. The lowest BCUT2D eigenvalue weighted by atomic mass is 9.58. The van der Waals surface area contributed by atoms with E-state index in [1.54, 1.807) is 0 Å². The molecular formula is C22H32O5. The van der Waals surface area contributed by atoms with E-state index in [4.69, 9.17) is 14.2 Å². The van der Waals surface area contributed by atoms with Gasteiger partial charge in [0.2, 0.25) is 0 Å². The first kappa shape index (κ1) is 19.0. The maximum absolute atomic E-state index is 12.8. The van der Waals surface area contributed by atoms with Crippen LogP contribution in [0.5, 0.6) is 0 Å².